The fourth-order valence-corrected chi connectivity index (χ4v) is 4.82. The van der Waals surface area contributed by atoms with Crippen molar-refractivity contribution >= 4 is 58.8 Å². The van der Waals surface area contributed by atoms with Crippen molar-refractivity contribution in [3.05, 3.63) is 124 Å². The van der Waals surface area contributed by atoms with E-state index >= 15 is 0 Å². The van der Waals surface area contributed by atoms with E-state index in [9.17, 15) is 4.79 Å². The van der Waals surface area contributed by atoms with Crippen LogP contribution in [0.3, 0.4) is 0 Å². The molecule has 0 saturated heterocycles. The van der Waals surface area contributed by atoms with E-state index in [2.05, 4.69) is 10.5 Å². The summed E-state index contributed by atoms with van der Waals surface area (Å²) in [6.45, 7) is 0. The molecule has 0 spiro atoms. The van der Waals surface area contributed by atoms with Gasteiger partial charge in [0.25, 0.3) is 0 Å². The Balaban J connectivity index is 1.32. The number of para-hydroxylation sites is 2. The fourth-order valence-electron chi connectivity index (χ4n) is 4.64. The lowest BCUT2D eigenvalue weighted by Crippen LogP contribution is -2.35. The minimum Gasteiger partial charge on any atom is -0.260 e. The van der Waals surface area contributed by atoms with Gasteiger partial charge in [-0.15, -0.1) is 0 Å². The number of aliphatic imine (C=N–C) groups is 1. The van der Waals surface area contributed by atoms with Gasteiger partial charge in [-0.1, -0.05) is 90.5 Å². The largest absolute Gasteiger partial charge is 0.346 e. The van der Waals surface area contributed by atoms with Crippen LogP contribution >= 0.6 is 11.6 Å². The van der Waals surface area contributed by atoms with Crippen LogP contribution in [0.25, 0.3) is 12.2 Å². The molecule has 1 N–H and O–H groups in total. The van der Waals surface area contributed by atoms with Crippen molar-refractivity contribution < 1.29 is 4.79 Å². The van der Waals surface area contributed by atoms with Gasteiger partial charge in [-0.05, 0) is 52.6 Å². The highest BCUT2D eigenvalue weighted by Crippen LogP contribution is 2.39. The monoisotopic (exact) mass is 488 g/mol. The number of urea groups is 1. The van der Waals surface area contributed by atoms with Crippen LogP contribution in [0, 0.1) is 0 Å². The third kappa shape index (κ3) is 4.00. The molecule has 2 aliphatic rings. The van der Waals surface area contributed by atoms with E-state index in [1.54, 1.807) is 11.1 Å². The van der Waals surface area contributed by atoms with Crippen LogP contribution in [-0.4, -0.2) is 18.0 Å². The van der Waals surface area contributed by atoms with Crippen molar-refractivity contribution in [1.82, 2.24) is 5.43 Å². The van der Waals surface area contributed by atoms with E-state index in [1.165, 1.54) is 0 Å². The molecule has 2 aliphatic heterocycles. The number of benzene rings is 4. The Morgan fingerprint density at radius 2 is 1.50 bits per heavy atom. The second kappa shape index (κ2) is 9.29. The molecule has 2 amide bonds. The summed E-state index contributed by atoms with van der Waals surface area (Å²) in [5.41, 5.74) is 9.88. The number of carbonyl (C=O) groups is 1. The summed E-state index contributed by atoms with van der Waals surface area (Å²) in [5.74, 6) is -0.244. The van der Waals surface area contributed by atoms with Crippen LogP contribution in [0.2, 0.25) is 5.02 Å². The molecule has 0 aliphatic carbocycles. The highest BCUT2D eigenvalue weighted by molar-refractivity contribution is 6.31. The maximum atomic E-state index is 13.5. The molecule has 0 aromatic heterocycles. The molecule has 0 radical (unpaired) electrons. The van der Waals surface area contributed by atoms with Gasteiger partial charge in [0, 0.05) is 11.2 Å². The number of hydrogen-bond acceptors (Lipinski definition) is 3. The molecule has 1 atom stereocenters. The van der Waals surface area contributed by atoms with Crippen molar-refractivity contribution in [2.75, 3.05) is 4.90 Å². The molecule has 1 unspecified atom stereocenters. The van der Waals surface area contributed by atoms with Crippen LogP contribution in [0.4, 0.5) is 21.9 Å². The first kappa shape index (κ1) is 22.0. The Hall–Kier alpha value is -4.48. The summed E-state index contributed by atoms with van der Waals surface area (Å²) >= 11 is 6.30. The number of hydrogen-bond donors (Lipinski definition) is 1. The minimum atomic E-state index is -0.350. The molecule has 0 fully saturated rings. The average Bonchev–Trinajstić information content (AvgIpc) is 3.17. The van der Waals surface area contributed by atoms with E-state index < -0.39 is 0 Å². The van der Waals surface area contributed by atoms with Crippen molar-refractivity contribution in [2.45, 2.75) is 5.92 Å². The second-order valence-electron chi connectivity index (χ2n) is 8.53. The number of carbonyl (C=O) groups excluding carboxylic acids is 1. The summed E-state index contributed by atoms with van der Waals surface area (Å²) in [6.07, 6.45) is 5.76. The number of anilines is 2. The predicted molar refractivity (Wildman–Crippen MR) is 148 cm³/mol. The molecule has 5 nitrogen and oxygen atoms in total. The third-order valence-corrected chi connectivity index (χ3v) is 6.55. The SMILES string of the molecule is O=C(NN=CC1C(c2ccccc2)=Nc2ccc(Cl)cc21)N1c2ccccc2C=Cc2ccccc21. The van der Waals surface area contributed by atoms with Crippen molar-refractivity contribution in [2.24, 2.45) is 10.1 Å². The van der Waals surface area contributed by atoms with Gasteiger partial charge >= 0.3 is 6.03 Å². The normalized spacial score (nSPS) is 15.6. The molecule has 2 heterocycles. The molecule has 0 bridgehead atoms. The molecular weight excluding hydrogens is 468 g/mol. The van der Waals surface area contributed by atoms with Gasteiger partial charge in [-0.3, -0.25) is 9.89 Å². The molecule has 4 aromatic rings. The van der Waals surface area contributed by atoms with Gasteiger partial charge in [-0.2, -0.15) is 5.10 Å². The van der Waals surface area contributed by atoms with Crippen molar-refractivity contribution in [1.29, 1.82) is 0 Å². The molecule has 6 rings (SSSR count). The lowest BCUT2D eigenvalue weighted by atomic mass is 9.93. The molecule has 36 heavy (non-hydrogen) atoms. The van der Waals surface area contributed by atoms with Crippen LogP contribution < -0.4 is 10.3 Å². The zero-order valence-corrected chi connectivity index (χ0v) is 19.9. The van der Waals surface area contributed by atoms with Crippen molar-refractivity contribution in [3.8, 4) is 0 Å². The summed E-state index contributed by atoms with van der Waals surface area (Å²) in [5, 5.41) is 5.03. The van der Waals surface area contributed by atoms with E-state index in [0.29, 0.717) is 5.02 Å². The van der Waals surface area contributed by atoms with Gasteiger partial charge in [0.1, 0.15) is 0 Å². The quantitative estimate of drug-likeness (QED) is 0.234. The van der Waals surface area contributed by atoms with Gasteiger partial charge in [0.05, 0.1) is 28.7 Å². The number of amides is 2. The second-order valence-corrected chi connectivity index (χ2v) is 8.96. The molecule has 6 heteroatoms. The summed E-state index contributed by atoms with van der Waals surface area (Å²) in [7, 11) is 0. The Labute approximate surface area is 214 Å². The van der Waals surface area contributed by atoms with Gasteiger partial charge in [-0.25, -0.2) is 10.2 Å². The van der Waals surface area contributed by atoms with Crippen molar-refractivity contribution in [3.63, 3.8) is 0 Å². The fraction of sp³-hybridized carbons (Fsp3) is 0.0333. The Bertz CT molecular complexity index is 1510. The average molecular weight is 489 g/mol. The smallest absolute Gasteiger partial charge is 0.260 e. The number of nitrogens with one attached hydrogen (secondary N) is 1. The standard InChI is InChI=1S/C30H21ClN4O/c31-23-16-17-26-24(18-23)25(29(33-26)22-10-2-1-3-11-22)19-32-34-30(36)35-27-12-6-4-8-20(27)14-15-21-9-5-7-13-28(21)35/h1-19,25H,(H,34,36). The maximum Gasteiger partial charge on any atom is 0.346 e. The van der Waals surface area contributed by atoms with Crippen LogP contribution in [0.5, 0.6) is 0 Å². The topological polar surface area (TPSA) is 57.1 Å². The number of halogens is 1. The van der Waals surface area contributed by atoms with E-state index in [4.69, 9.17) is 16.6 Å². The van der Waals surface area contributed by atoms with E-state index in [0.717, 1.165) is 45.0 Å². The number of nitrogens with zero attached hydrogens (tertiary/aromatic N) is 3. The number of fused-ring (bicyclic) bond motifs is 3. The highest BCUT2D eigenvalue weighted by atomic mass is 35.5. The first-order chi connectivity index (χ1) is 17.7. The van der Waals surface area contributed by atoms with Gasteiger partial charge in [0.2, 0.25) is 0 Å². The number of rotatable bonds is 3. The Morgan fingerprint density at radius 1 is 0.861 bits per heavy atom. The molecule has 0 saturated carbocycles. The zero-order chi connectivity index (χ0) is 24.5. The zero-order valence-electron chi connectivity index (χ0n) is 19.2. The van der Waals surface area contributed by atoms with Gasteiger partial charge in [0.15, 0.2) is 0 Å². The lowest BCUT2D eigenvalue weighted by molar-refractivity contribution is 0.249. The maximum absolute atomic E-state index is 13.5. The number of hydrazone groups is 1. The Kier molecular flexibility index (Phi) is 5.68. The molecule has 4 aromatic carbocycles. The van der Waals surface area contributed by atoms with E-state index in [1.807, 2.05) is 109 Å². The minimum absolute atomic E-state index is 0.244. The molecule has 174 valence electrons. The van der Waals surface area contributed by atoms with E-state index in [-0.39, 0.29) is 11.9 Å². The van der Waals surface area contributed by atoms with Crippen LogP contribution in [0.1, 0.15) is 28.2 Å². The summed E-state index contributed by atoms with van der Waals surface area (Å²) < 4.78 is 0. The van der Waals surface area contributed by atoms with Crippen LogP contribution in [-0.2, 0) is 0 Å². The summed E-state index contributed by atoms with van der Waals surface area (Å²) in [6, 6.07) is 30.9. The van der Waals surface area contributed by atoms with Crippen LogP contribution in [0.15, 0.2) is 107 Å². The first-order valence-corrected chi connectivity index (χ1v) is 12.0. The highest BCUT2D eigenvalue weighted by Gasteiger charge is 2.28. The third-order valence-electron chi connectivity index (χ3n) is 6.31. The van der Waals surface area contributed by atoms with Gasteiger partial charge < -0.3 is 0 Å². The predicted octanol–water partition coefficient (Wildman–Crippen LogP) is 7.58. The Morgan fingerprint density at radius 3 is 2.19 bits per heavy atom. The summed E-state index contributed by atoms with van der Waals surface area (Å²) in [4.78, 5) is 20.0. The molecular formula is C30H21ClN4O. The first-order valence-electron chi connectivity index (χ1n) is 11.6. The lowest BCUT2D eigenvalue weighted by Gasteiger charge is -2.24.